The van der Waals surface area contributed by atoms with Crippen molar-refractivity contribution < 1.29 is 23.8 Å². The van der Waals surface area contributed by atoms with Crippen LogP contribution in [0.4, 0.5) is 17.2 Å². The molecule has 1 amide bonds. The van der Waals surface area contributed by atoms with Gasteiger partial charge in [-0.2, -0.15) is 0 Å². The number of nitrogens with two attached hydrogens (primary N) is 1. The molecule has 2 aliphatic rings. The van der Waals surface area contributed by atoms with Gasteiger partial charge in [-0.25, -0.2) is 9.78 Å². The van der Waals surface area contributed by atoms with Crippen LogP contribution in [0.5, 0.6) is 0 Å². The van der Waals surface area contributed by atoms with Crippen LogP contribution < -0.4 is 16.0 Å². The number of nitrogens with one attached hydrogen (secondary N) is 1. The largest absolute Gasteiger partial charge is 0.462 e. The number of pyridine rings is 1. The smallest absolute Gasteiger partial charge is 0.338 e. The number of benzene rings is 1. The van der Waals surface area contributed by atoms with Crippen molar-refractivity contribution in [1.29, 1.82) is 0 Å². The topological polar surface area (TPSA) is 116 Å². The number of rotatable bonds is 5. The van der Waals surface area contributed by atoms with Gasteiger partial charge in [0, 0.05) is 36.1 Å². The first-order chi connectivity index (χ1) is 17.3. The third kappa shape index (κ3) is 4.63. The number of amides is 1. The van der Waals surface area contributed by atoms with E-state index < -0.39 is 5.97 Å². The maximum absolute atomic E-state index is 13.3. The van der Waals surface area contributed by atoms with E-state index >= 15 is 0 Å². The number of nitrogens with zero attached hydrogens (tertiary/aromatic N) is 2. The summed E-state index contributed by atoms with van der Waals surface area (Å²) in [4.78, 5) is 33.5. The SMILES string of the molecule is CCOC(=O)c1ccc(NC(=O)c2sc3nc(N4CCOCC4)c4c(c3c2N)CC(C)(C)OC4)cc1. The Morgan fingerprint density at radius 1 is 1.19 bits per heavy atom. The molecule has 10 heteroatoms. The normalized spacial score (nSPS) is 17.0. The van der Waals surface area contributed by atoms with Gasteiger partial charge >= 0.3 is 5.97 Å². The number of aromatic nitrogens is 1. The molecule has 5 rings (SSSR count). The van der Waals surface area contributed by atoms with Crippen LogP contribution in [-0.4, -0.2) is 55.4 Å². The fraction of sp³-hybridized carbons (Fsp3) is 0.423. The van der Waals surface area contributed by atoms with Crippen LogP contribution in [-0.2, 0) is 27.2 Å². The minimum absolute atomic E-state index is 0.302. The Kier molecular flexibility index (Phi) is 6.59. The molecule has 0 saturated carbocycles. The Morgan fingerprint density at radius 3 is 2.61 bits per heavy atom. The minimum Gasteiger partial charge on any atom is -0.462 e. The Hall–Kier alpha value is -3.21. The third-order valence-corrected chi connectivity index (χ3v) is 7.55. The molecule has 1 saturated heterocycles. The third-order valence-electron chi connectivity index (χ3n) is 6.45. The van der Waals surface area contributed by atoms with Crippen molar-refractivity contribution >= 4 is 50.6 Å². The summed E-state index contributed by atoms with van der Waals surface area (Å²) in [6.07, 6.45) is 0.677. The highest BCUT2D eigenvalue weighted by Gasteiger charge is 2.34. The molecule has 0 spiro atoms. The fourth-order valence-corrected chi connectivity index (χ4v) is 5.66. The van der Waals surface area contributed by atoms with Gasteiger partial charge in [-0.1, -0.05) is 0 Å². The second kappa shape index (κ2) is 9.68. The lowest BCUT2D eigenvalue weighted by Gasteiger charge is -2.36. The predicted molar refractivity (Wildman–Crippen MR) is 140 cm³/mol. The minimum atomic E-state index is -0.400. The van der Waals surface area contributed by atoms with E-state index in [9.17, 15) is 9.59 Å². The summed E-state index contributed by atoms with van der Waals surface area (Å²) >= 11 is 1.30. The zero-order valence-corrected chi connectivity index (χ0v) is 21.5. The van der Waals surface area contributed by atoms with Crippen molar-refractivity contribution in [3.63, 3.8) is 0 Å². The van der Waals surface area contributed by atoms with E-state index in [1.807, 2.05) is 0 Å². The lowest BCUT2D eigenvalue weighted by molar-refractivity contribution is -0.0396. The summed E-state index contributed by atoms with van der Waals surface area (Å²) in [6, 6.07) is 6.58. The molecule has 2 aromatic heterocycles. The number of hydrogen-bond acceptors (Lipinski definition) is 9. The van der Waals surface area contributed by atoms with Crippen LogP contribution in [0, 0.1) is 0 Å². The van der Waals surface area contributed by atoms with Crippen molar-refractivity contribution in [3.8, 4) is 0 Å². The fourth-order valence-electron chi connectivity index (χ4n) is 4.64. The number of carbonyl (C=O) groups is 2. The predicted octanol–water partition coefficient (Wildman–Crippen LogP) is 4.00. The molecule has 0 atom stereocenters. The summed E-state index contributed by atoms with van der Waals surface area (Å²) in [7, 11) is 0. The van der Waals surface area contributed by atoms with E-state index in [0.29, 0.717) is 54.7 Å². The van der Waals surface area contributed by atoms with Crippen molar-refractivity contribution in [1.82, 2.24) is 4.98 Å². The van der Waals surface area contributed by atoms with Crippen molar-refractivity contribution in [3.05, 3.63) is 45.8 Å². The first-order valence-corrected chi connectivity index (χ1v) is 12.9. The second-order valence-corrected chi connectivity index (χ2v) is 10.5. The highest BCUT2D eigenvalue weighted by Crippen LogP contribution is 2.43. The van der Waals surface area contributed by atoms with E-state index in [1.54, 1.807) is 31.2 Å². The molecule has 0 unspecified atom stereocenters. The monoisotopic (exact) mass is 510 g/mol. The molecule has 3 aromatic rings. The zero-order chi connectivity index (χ0) is 25.4. The van der Waals surface area contributed by atoms with E-state index in [2.05, 4.69) is 24.1 Å². The van der Waals surface area contributed by atoms with E-state index in [-0.39, 0.29) is 11.5 Å². The lowest BCUT2D eigenvalue weighted by Crippen LogP contribution is -2.39. The zero-order valence-electron chi connectivity index (χ0n) is 20.7. The number of morpholine rings is 1. The number of nitrogen functional groups attached to an aromatic ring is 1. The molecule has 9 nitrogen and oxygen atoms in total. The van der Waals surface area contributed by atoms with Gasteiger partial charge in [0.15, 0.2) is 0 Å². The maximum atomic E-state index is 13.3. The van der Waals surface area contributed by atoms with Crippen molar-refractivity contribution in [2.24, 2.45) is 0 Å². The van der Waals surface area contributed by atoms with E-state index in [4.69, 9.17) is 24.9 Å². The number of hydrogen-bond donors (Lipinski definition) is 2. The maximum Gasteiger partial charge on any atom is 0.338 e. The van der Waals surface area contributed by atoms with Gasteiger partial charge in [-0.15, -0.1) is 11.3 Å². The van der Waals surface area contributed by atoms with Gasteiger partial charge in [0.05, 0.1) is 43.3 Å². The second-order valence-electron chi connectivity index (χ2n) is 9.49. The van der Waals surface area contributed by atoms with Crippen molar-refractivity contribution in [2.45, 2.75) is 39.4 Å². The standard InChI is InChI=1S/C26H30N4O5S/c1-4-34-25(32)15-5-7-16(8-6-15)28-23(31)21-20(27)19-17-13-26(2,3)35-14-18(17)22(29-24(19)36-21)30-9-11-33-12-10-30/h5-8H,4,9-14,27H2,1-3H3,(H,28,31). The molecule has 0 bridgehead atoms. The molecule has 1 fully saturated rings. The lowest BCUT2D eigenvalue weighted by atomic mass is 9.89. The summed E-state index contributed by atoms with van der Waals surface area (Å²) in [5.74, 6) is 0.175. The van der Waals surface area contributed by atoms with Crippen LogP contribution in [0.25, 0.3) is 10.2 Å². The molecule has 3 N–H and O–H groups in total. The van der Waals surface area contributed by atoms with Crippen LogP contribution in [0.2, 0.25) is 0 Å². The molecular weight excluding hydrogens is 480 g/mol. The molecule has 190 valence electrons. The molecule has 4 heterocycles. The number of anilines is 3. The molecule has 2 aliphatic heterocycles. The molecular formula is C26H30N4O5S. The average Bonchev–Trinajstić information content (AvgIpc) is 3.20. The Bertz CT molecular complexity index is 1310. The van der Waals surface area contributed by atoms with Crippen LogP contribution in [0.1, 0.15) is 51.9 Å². The number of fused-ring (bicyclic) bond motifs is 3. The molecule has 36 heavy (non-hydrogen) atoms. The van der Waals surface area contributed by atoms with E-state index in [1.165, 1.54) is 11.3 Å². The van der Waals surface area contributed by atoms with Gasteiger partial charge < -0.3 is 30.2 Å². The number of ether oxygens (including phenoxy) is 3. The Balaban J connectivity index is 1.50. The first-order valence-electron chi connectivity index (χ1n) is 12.1. The summed E-state index contributed by atoms with van der Waals surface area (Å²) < 4.78 is 16.7. The van der Waals surface area contributed by atoms with Crippen LogP contribution >= 0.6 is 11.3 Å². The first kappa shape index (κ1) is 24.5. The van der Waals surface area contributed by atoms with Gasteiger partial charge in [-0.05, 0) is 50.6 Å². The summed E-state index contributed by atoms with van der Waals surface area (Å²) in [6.45, 7) is 9.43. The quantitative estimate of drug-likeness (QED) is 0.495. The molecule has 0 radical (unpaired) electrons. The summed E-state index contributed by atoms with van der Waals surface area (Å²) in [5.41, 5.74) is 9.82. The highest BCUT2D eigenvalue weighted by molar-refractivity contribution is 7.21. The van der Waals surface area contributed by atoms with E-state index in [0.717, 1.165) is 40.3 Å². The highest BCUT2D eigenvalue weighted by atomic mass is 32.1. The van der Waals surface area contributed by atoms with Crippen LogP contribution in [0.15, 0.2) is 24.3 Å². The summed E-state index contributed by atoms with van der Waals surface area (Å²) in [5, 5.41) is 3.73. The number of carbonyl (C=O) groups excluding carboxylic acids is 2. The average molecular weight is 511 g/mol. The molecule has 0 aliphatic carbocycles. The van der Waals surface area contributed by atoms with Crippen LogP contribution in [0.3, 0.4) is 0 Å². The van der Waals surface area contributed by atoms with Gasteiger partial charge in [0.2, 0.25) is 0 Å². The van der Waals surface area contributed by atoms with Gasteiger partial charge in [0.1, 0.15) is 15.5 Å². The Labute approximate surface area is 213 Å². The van der Waals surface area contributed by atoms with Gasteiger partial charge in [0.25, 0.3) is 5.91 Å². The Morgan fingerprint density at radius 2 is 1.92 bits per heavy atom. The number of esters is 1. The number of thiophene rings is 1. The van der Waals surface area contributed by atoms with Crippen molar-refractivity contribution in [2.75, 3.05) is 48.9 Å². The van der Waals surface area contributed by atoms with Gasteiger partial charge in [-0.3, -0.25) is 4.79 Å². The molecule has 1 aromatic carbocycles.